The van der Waals surface area contributed by atoms with Crippen LogP contribution in [0.2, 0.25) is 5.02 Å². The zero-order valence-corrected chi connectivity index (χ0v) is 14.8. The van der Waals surface area contributed by atoms with Crippen molar-refractivity contribution in [2.45, 2.75) is 45.6 Å². The Morgan fingerprint density at radius 1 is 1.10 bits per heavy atom. The second-order valence-electron chi connectivity index (χ2n) is 6.39. The zero-order valence-electron chi connectivity index (χ0n) is 13.2. The fourth-order valence-electron chi connectivity index (χ4n) is 2.32. The predicted molar refractivity (Wildman–Crippen MR) is 94.6 cm³/mol. The molecule has 3 heteroatoms. The lowest BCUT2D eigenvalue weighted by molar-refractivity contribution is 0.558. The lowest BCUT2D eigenvalue weighted by atomic mass is 9.95. The summed E-state index contributed by atoms with van der Waals surface area (Å²) in [5.74, 6) is 0. The van der Waals surface area contributed by atoms with Crippen LogP contribution in [0.25, 0.3) is 0 Å². The van der Waals surface area contributed by atoms with Crippen LogP contribution in [0.5, 0.6) is 0 Å². The summed E-state index contributed by atoms with van der Waals surface area (Å²) in [6.07, 6.45) is 0.995. The van der Waals surface area contributed by atoms with Crippen LogP contribution in [0.15, 0.2) is 36.4 Å². The van der Waals surface area contributed by atoms with Crippen LogP contribution in [0.1, 0.15) is 49.1 Å². The Morgan fingerprint density at radius 3 is 2.29 bits per heavy atom. The van der Waals surface area contributed by atoms with E-state index in [-0.39, 0.29) is 5.41 Å². The maximum absolute atomic E-state index is 5.97. The van der Waals surface area contributed by atoms with Gasteiger partial charge >= 0.3 is 0 Å². The highest BCUT2D eigenvalue weighted by atomic mass is 35.5. The monoisotopic (exact) mass is 321 g/mol. The first-order valence-electron chi connectivity index (χ1n) is 7.48. The van der Waals surface area contributed by atoms with Crippen LogP contribution in [0, 0.1) is 0 Å². The summed E-state index contributed by atoms with van der Waals surface area (Å²) < 4.78 is 0. The number of hydrogen-bond acceptors (Lipinski definition) is 2. The molecular formula is C18H24ClNS. The molecule has 114 valence electrons. The summed E-state index contributed by atoms with van der Waals surface area (Å²) in [6, 6.07) is 13.1. The molecule has 2 aromatic rings. The first-order chi connectivity index (χ1) is 9.90. The quantitative estimate of drug-likeness (QED) is 0.756. The lowest BCUT2D eigenvalue weighted by Crippen LogP contribution is -2.22. The smallest absolute Gasteiger partial charge is 0.0455 e. The van der Waals surface area contributed by atoms with E-state index in [0.717, 1.165) is 18.0 Å². The highest BCUT2D eigenvalue weighted by Crippen LogP contribution is 2.33. The van der Waals surface area contributed by atoms with Gasteiger partial charge < -0.3 is 5.32 Å². The minimum Gasteiger partial charge on any atom is -0.309 e. The van der Waals surface area contributed by atoms with Crippen LogP contribution in [0.4, 0.5) is 0 Å². The van der Waals surface area contributed by atoms with Crippen molar-refractivity contribution < 1.29 is 0 Å². The Hall–Kier alpha value is -0.830. The molecule has 0 spiro atoms. The molecule has 1 aromatic carbocycles. The fourth-order valence-corrected chi connectivity index (χ4v) is 3.59. The molecule has 1 nitrogen and oxygen atoms in total. The van der Waals surface area contributed by atoms with E-state index in [4.69, 9.17) is 11.6 Å². The Bertz CT molecular complexity index is 566. The summed E-state index contributed by atoms with van der Waals surface area (Å²) in [4.78, 5) is 2.85. The predicted octanol–water partition coefficient (Wildman–Crippen LogP) is 5.59. The molecular weight excluding hydrogens is 298 g/mol. The number of rotatable bonds is 5. The van der Waals surface area contributed by atoms with Gasteiger partial charge in [0.25, 0.3) is 0 Å². The minimum absolute atomic E-state index is 0.222. The van der Waals surface area contributed by atoms with E-state index >= 15 is 0 Å². The van der Waals surface area contributed by atoms with Gasteiger partial charge in [0, 0.05) is 20.8 Å². The van der Waals surface area contributed by atoms with Gasteiger partial charge in [-0.2, -0.15) is 0 Å². The van der Waals surface area contributed by atoms with Crippen molar-refractivity contribution in [2.24, 2.45) is 0 Å². The second kappa shape index (κ2) is 6.95. The SMILES string of the molecule is CCNC(Cc1ccc(Cl)cc1)c1ccc(C(C)(C)C)s1. The van der Waals surface area contributed by atoms with Gasteiger partial charge in [0.05, 0.1) is 0 Å². The molecule has 0 radical (unpaired) electrons. The normalized spacial score (nSPS) is 13.4. The molecule has 0 fully saturated rings. The van der Waals surface area contributed by atoms with Gasteiger partial charge in [-0.3, -0.25) is 0 Å². The molecule has 0 saturated carbocycles. The average molecular weight is 322 g/mol. The van der Waals surface area contributed by atoms with Crippen LogP contribution in [-0.2, 0) is 11.8 Å². The largest absolute Gasteiger partial charge is 0.309 e. The topological polar surface area (TPSA) is 12.0 Å². The van der Waals surface area contributed by atoms with Crippen molar-refractivity contribution >= 4 is 22.9 Å². The van der Waals surface area contributed by atoms with Gasteiger partial charge in [-0.05, 0) is 48.2 Å². The van der Waals surface area contributed by atoms with Crippen LogP contribution < -0.4 is 5.32 Å². The third-order valence-corrected chi connectivity index (χ3v) is 5.39. The Balaban J connectivity index is 2.18. The van der Waals surface area contributed by atoms with Crippen molar-refractivity contribution in [1.29, 1.82) is 0 Å². The van der Waals surface area contributed by atoms with Crippen molar-refractivity contribution in [1.82, 2.24) is 5.32 Å². The van der Waals surface area contributed by atoms with E-state index in [2.05, 4.69) is 57.3 Å². The third kappa shape index (κ3) is 4.57. The minimum atomic E-state index is 0.222. The first kappa shape index (κ1) is 16.5. The van der Waals surface area contributed by atoms with Gasteiger partial charge in [-0.15, -0.1) is 11.3 Å². The van der Waals surface area contributed by atoms with E-state index in [1.807, 2.05) is 23.5 Å². The Morgan fingerprint density at radius 2 is 1.76 bits per heavy atom. The summed E-state index contributed by atoms with van der Waals surface area (Å²) >= 11 is 7.89. The van der Waals surface area contributed by atoms with Crippen molar-refractivity contribution in [3.8, 4) is 0 Å². The number of halogens is 1. The average Bonchev–Trinajstić information content (AvgIpc) is 2.90. The number of benzene rings is 1. The molecule has 1 heterocycles. The fraction of sp³-hybridized carbons (Fsp3) is 0.444. The maximum Gasteiger partial charge on any atom is 0.0455 e. The van der Waals surface area contributed by atoms with Crippen LogP contribution >= 0.6 is 22.9 Å². The summed E-state index contributed by atoms with van der Waals surface area (Å²) in [7, 11) is 0. The molecule has 21 heavy (non-hydrogen) atoms. The second-order valence-corrected chi connectivity index (χ2v) is 7.94. The third-order valence-electron chi connectivity index (χ3n) is 3.51. The molecule has 0 aliphatic carbocycles. The Kier molecular flexibility index (Phi) is 5.48. The number of nitrogens with one attached hydrogen (secondary N) is 1. The molecule has 1 unspecified atom stereocenters. The van der Waals surface area contributed by atoms with Gasteiger partial charge in [-0.1, -0.05) is 51.4 Å². The standard InChI is InChI=1S/C18H24ClNS/c1-5-20-15(12-13-6-8-14(19)9-7-13)16-10-11-17(21-16)18(2,3)4/h6-11,15,20H,5,12H2,1-4H3. The highest BCUT2D eigenvalue weighted by Gasteiger charge is 2.19. The summed E-state index contributed by atoms with van der Waals surface area (Å²) in [5, 5.41) is 4.40. The summed E-state index contributed by atoms with van der Waals surface area (Å²) in [6.45, 7) is 9.94. The van der Waals surface area contributed by atoms with Gasteiger partial charge in [0.15, 0.2) is 0 Å². The van der Waals surface area contributed by atoms with Crippen molar-refractivity contribution in [2.75, 3.05) is 6.54 Å². The lowest BCUT2D eigenvalue weighted by Gasteiger charge is -2.18. The van der Waals surface area contributed by atoms with Crippen molar-refractivity contribution in [3.05, 3.63) is 56.7 Å². The molecule has 0 aliphatic rings. The van der Waals surface area contributed by atoms with Gasteiger partial charge in [-0.25, -0.2) is 0 Å². The number of likely N-dealkylation sites (N-methyl/N-ethyl adjacent to an activating group) is 1. The first-order valence-corrected chi connectivity index (χ1v) is 8.67. The molecule has 1 atom stereocenters. The highest BCUT2D eigenvalue weighted by molar-refractivity contribution is 7.12. The van der Waals surface area contributed by atoms with Crippen molar-refractivity contribution in [3.63, 3.8) is 0 Å². The molecule has 2 rings (SSSR count). The molecule has 0 bridgehead atoms. The van der Waals surface area contributed by atoms with E-state index in [1.165, 1.54) is 15.3 Å². The maximum atomic E-state index is 5.97. The Labute approximate surface area is 137 Å². The van der Waals surface area contributed by atoms with E-state index < -0.39 is 0 Å². The van der Waals surface area contributed by atoms with E-state index in [0.29, 0.717) is 6.04 Å². The zero-order chi connectivity index (χ0) is 15.5. The molecule has 0 amide bonds. The van der Waals surface area contributed by atoms with Gasteiger partial charge in [0.2, 0.25) is 0 Å². The van der Waals surface area contributed by atoms with Crippen LogP contribution in [-0.4, -0.2) is 6.54 Å². The number of thiophene rings is 1. The van der Waals surface area contributed by atoms with E-state index in [9.17, 15) is 0 Å². The molecule has 1 aromatic heterocycles. The molecule has 1 N–H and O–H groups in total. The van der Waals surface area contributed by atoms with E-state index in [1.54, 1.807) is 0 Å². The van der Waals surface area contributed by atoms with Crippen LogP contribution in [0.3, 0.4) is 0 Å². The number of hydrogen-bond donors (Lipinski definition) is 1. The summed E-state index contributed by atoms with van der Waals surface area (Å²) in [5.41, 5.74) is 1.54. The molecule has 0 saturated heterocycles. The molecule has 0 aliphatic heterocycles. The van der Waals surface area contributed by atoms with Gasteiger partial charge in [0.1, 0.15) is 0 Å².